The maximum Gasteiger partial charge on any atom is 0.0669 e. The fraction of sp³-hybridized carbons (Fsp3) is 0.833. The third-order valence-electron chi connectivity index (χ3n) is 1.48. The molecule has 1 atom stereocenters. The van der Waals surface area contributed by atoms with E-state index in [9.17, 15) is 0 Å². The van der Waals surface area contributed by atoms with Crippen molar-refractivity contribution in [2.24, 2.45) is 5.92 Å². The van der Waals surface area contributed by atoms with Crippen LogP contribution in [0.2, 0.25) is 0 Å². The molecule has 2 nitrogen and oxygen atoms in total. The predicted molar refractivity (Wildman–Crippen MR) is 38.5 cm³/mol. The van der Waals surface area contributed by atoms with E-state index in [1.54, 1.807) is 0 Å². The lowest BCUT2D eigenvalue weighted by Crippen LogP contribution is -2.28. The molecular weight excluding hydrogens is 136 g/mol. The Kier molecular flexibility index (Phi) is 4.47. The molecule has 1 saturated heterocycles. The summed E-state index contributed by atoms with van der Waals surface area (Å²) in [5, 5.41) is 11.6. The number of nitrogens with zero attached hydrogens (tertiary/aromatic N) is 1. The summed E-state index contributed by atoms with van der Waals surface area (Å²) in [6.45, 7) is 1.99. The highest BCUT2D eigenvalue weighted by molar-refractivity contribution is 5.85. The summed E-state index contributed by atoms with van der Waals surface area (Å²) >= 11 is 0. The molecule has 9 heavy (non-hydrogen) atoms. The number of hydrogen-bond acceptors (Lipinski definition) is 2. The number of halogens is 1. The van der Waals surface area contributed by atoms with E-state index < -0.39 is 0 Å². The van der Waals surface area contributed by atoms with E-state index in [2.05, 4.69) is 11.4 Å². The molecule has 0 bridgehead atoms. The minimum Gasteiger partial charge on any atom is -0.315 e. The first-order valence-corrected chi connectivity index (χ1v) is 3.04. The van der Waals surface area contributed by atoms with Gasteiger partial charge in [-0.1, -0.05) is 0 Å². The smallest absolute Gasteiger partial charge is 0.0669 e. The fourth-order valence-electron chi connectivity index (χ4n) is 0.962. The van der Waals surface area contributed by atoms with Gasteiger partial charge >= 0.3 is 0 Å². The van der Waals surface area contributed by atoms with Crippen LogP contribution in [0.3, 0.4) is 0 Å². The average molecular weight is 147 g/mol. The summed E-state index contributed by atoms with van der Waals surface area (Å²) in [5.74, 6) is 0.281. The van der Waals surface area contributed by atoms with E-state index in [1.807, 2.05) is 0 Å². The molecule has 0 aromatic rings. The molecule has 0 unspecified atom stereocenters. The van der Waals surface area contributed by atoms with Gasteiger partial charge in [0.1, 0.15) is 0 Å². The lowest BCUT2D eigenvalue weighted by molar-refractivity contribution is 0.446. The summed E-state index contributed by atoms with van der Waals surface area (Å²) in [6, 6.07) is 2.24. The lowest BCUT2D eigenvalue weighted by atomic mass is 10.0. The van der Waals surface area contributed by atoms with Crippen LogP contribution in [0.25, 0.3) is 0 Å². The van der Waals surface area contributed by atoms with Crippen LogP contribution in [-0.2, 0) is 0 Å². The van der Waals surface area contributed by atoms with E-state index in [0.717, 1.165) is 25.9 Å². The van der Waals surface area contributed by atoms with Gasteiger partial charge in [-0.25, -0.2) is 0 Å². The third kappa shape index (κ3) is 2.69. The Morgan fingerprint density at radius 2 is 2.33 bits per heavy atom. The van der Waals surface area contributed by atoms with Crippen LogP contribution in [-0.4, -0.2) is 13.1 Å². The third-order valence-corrected chi connectivity index (χ3v) is 1.48. The van der Waals surface area contributed by atoms with Crippen LogP contribution in [0, 0.1) is 17.2 Å². The molecule has 1 fully saturated rings. The normalized spacial score (nSPS) is 25.9. The predicted octanol–water partition coefficient (Wildman–Crippen LogP) is 0.931. The molecule has 0 saturated carbocycles. The van der Waals surface area contributed by atoms with E-state index in [0.29, 0.717) is 0 Å². The highest BCUT2D eigenvalue weighted by atomic mass is 35.5. The van der Waals surface area contributed by atoms with Crippen molar-refractivity contribution in [3.05, 3.63) is 0 Å². The first-order valence-electron chi connectivity index (χ1n) is 3.04. The molecule has 0 aliphatic carbocycles. The van der Waals surface area contributed by atoms with Gasteiger partial charge in [0.25, 0.3) is 0 Å². The Labute approximate surface area is 61.7 Å². The number of rotatable bonds is 0. The van der Waals surface area contributed by atoms with Crippen molar-refractivity contribution in [3.8, 4) is 6.07 Å². The second kappa shape index (κ2) is 4.60. The maximum atomic E-state index is 8.40. The minimum atomic E-state index is 0. The molecule has 3 heteroatoms. The number of piperidine rings is 1. The Balaban J connectivity index is 0.000000640. The molecule has 1 aliphatic rings. The van der Waals surface area contributed by atoms with Gasteiger partial charge in [-0.15, -0.1) is 12.4 Å². The molecular formula is C6H11ClN2. The zero-order valence-corrected chi connectivity index (χ0v) is 6.08. The highest BCUT2D eigenvalue weighted by Crippen LogP contribution is 2.06. The van der Waals surface area contributed by atoms with Crippen molar-refractivity contribution >= 4 is 12.4 Å². The average Bonchev–Trinajstić information content (AvgIpc) is 1.90. The van der Waals surface area contributed by atoms with E-state index in [1.165, 1.54) is 0 Å². The Hall–Kier alpha value is -0.260. The molecule has 0 aromatic carbocycles. The molecule has 1 heterocycles. The molecule has 0 aromatic heterocycles. The van der Waals surface area contributed by atoms with Gasteiger partial charge in [-0.2, -0.15) is 5.26 Å². The molecule has 1 rings (SSSR count). The number of hydrogen-bond donors (Lipinski definition) is 1. The van der Waals surface area contributed by atoms with Crippen LogP contribution >= 0.6 is 12.4 Å². The first-order chi connectivity index (χ1) is 3.93. The van der Waals surface area contributed by atoms with Gasteiger partial charge in [0.05, 0.1) is 12.0 Å². The van der Waals surface area contributed by atoms with Crippen LogP contribution in [0.15, 0.2) is 0 Å². The summed E-state index contributed by atoms with van der Waals surface area (Å²) < 4.78 is 0. The topological polar surface area (TPSA) is 35.8 Å². The number of nitrogens with one attached hydrogen (secondary N) is 1. The van der Waals surface area contributed by atoms with Crippen LogP contribution in [0.5, 0.6) is 0 Å². The SMILES string of the molecule is Cl.N#C[C@@H]1CCCNC1. The standard InChI is InChI=1S/C6H10N2.ClH/c7-4-6-2-1-3-8-5-6;/h6,8H,1-3,5H2;1H/t6-;/m0./s1. The van der Waals surface area contributed by atoms with E-state index in [-0.39, 0.29) is 18.3 Å². The molecule has 52 valence electrons. The lowest BCUT2D eigenvalue weighted by Gasteiger charge is -2.15. The minimum absolute atomic E-state index is 0. The molecule has 0 spiro atoms. The Bertz CT molecular complexity index is 102. The maximum absolute atomic E-state index is 8.40. The van der Waals surface area contributed by atoms with Crippen molar-refractivity contribution in [2.45, 2.75) is 12.8 Å². The second-order valence-corrected chi connectivity index (χ2v) is 2.17. The zero-order valence-electron chi connectivity index (χ0n) is 5.26. The van der Waals surface area contributed by atoms with Crippen molar-refractivity contribution in [1.82, 2.24) is 5.32 Å². The van der Waals surface area contributed by atoms with E-state index in [4.69, 9.17) is 5.26 Å². The van der Waals surface area contributed by atoms with Gasteiger partial charge in [-0.05, 0) is 19.4 Å². The van der Waals surface area contributed by atoms with Crippen LogP contribution in [0.1, 0.15) is 12.8 Å². The van der Waals surface area contributed by atoms with Crippen molar-refractivity contribution < 1.29 is 0 Å². The van der Waals surface area contributed by atoms with Crippen LogP contribution in [0.4, 0.5) is 0 Å². The largest absolute Gasteiger partial charge is 0.315 e. The van der Waals surface area contributed by atoms with Crippen molar-refractivity contribution in [3.63, 3.8) is 0 Å². The summed E-state index contributed by atoms with van der Waals surface area (Å²) in [6.07, 6.45) is 2.25. The fourth-order valence-corrected chi connectivity index (χ4v) is 0.962. The van der Waals surface area contributed by atoms with Gasteiger partial charge in [0, 0.05) is 6.54 Å². The van der Waals surface area contributed by atoms with Gasteiger partial charge in [-0.3, -0.25) is 0 Å². The Morgan fingerprint density at radius 3 is 2.67 bits per heavy atom. The first kappa shape index (κ1) is 8.74. The van der Waals surface area contributed by atoms with Gasteiger partial charge in [0.2, 0.25) is 0 Å². The highest BCUT2D eigenvalue weighted by Gasteiger charge is 2.09. The zero-order chi connectivity index (χ0) is 5.82. The number of nitriles is 1. The quantitative estimate of drug-likeness (QED) is 0.552. The molecule has 0 radical (unpaired) electrons. The van der Waals surface area contributed by atoms with Gasteiger partial charge < -0.3 is 5.32 Å². The summed E-state index contributed by atoms with van der Waals surface area (Å²) in [4.78, 5) is 0. The van der Waals surface area contributed by atoms with Crippen molar-refractivity contribution in [1.29, 1.82) is 5.26 Å². The van der Waals surface area contributed by atoms with Crippen LogP contribution < -0.4 is 5.32 Å². The monoisotopic (exact) mass is 146 g/mol. The second-order valence-electron chi connectivity index (χ2n) is 2.17. The summed E-state index contributed by atoms with van der Waals surface area (Å²) in [5.41, 5.74) is 0. The van der Waals surface area contributed by atoms with Crippen molar-refractivity contribution in [2.75, 3.05) is 13.1 Å². The summed E-state index contributed by atoms with van der Waals surface area (Å²) in [7, 11) is 0. The molecule has 1 aliphatic heterocycles. The van der Waals surface area contributed by atoms with E-state index >= 15 is 0 Å². The molecule has 1 N–H and O–H groups in total. The van der Waals surface area contributed by atoms with Gasteiger partial charge in [0.15, 0.2) is 0 Å². The Morgan fingerprint density at radius 1 is 1.56 bits per heavy atom. The molecule has 0 amide bonds.